The minimum atomic E-state index is 0.621. The number of allylic oxidation sites excluding steroid dienone is 1. The van der Waals surface area contributed by atoms with Crippen LogP contribution in [0.2, 0.25) is 0 Å². The highest BCUT2D eigenvalue weighted by Gasteiger charge is 1.97. The lowest BCUT2D eigenvalue weighted by Crippen LogP contribution is -1.96. The van der Waals surface area contributed by atoms with Crippen molar-refractivity contribution in [3.8, 4) is 0 Å². The van der Waals surface area contributed by atoms with E-state index in [4.69, 9.17) is 11.1 Å². The Balaban J connectivity index is 2.56. The van der Waals surface area contributed by atoms with Gasteiger partial charge in [0.15, 0.2) is 0 Å². The third kappa shape index (κ3) is 1.89. The fourth-order valence-corrected chi connectivity index (χ4v) is 1.55. The summed E-state index contributed by atoms with van der Waals surface area (Å²) in [5.41, 5.74) is 7.38. The first-order chi connectivity index (χ1) is 7.31. The van der Waals surface area contributed by atoms with Crippen LogP contribution < -0.4 is 5.73 Å². The van der Waals surface area contributed by atoms with Crippen LogP contribution in [0.5, 0.6) is 0 Å². The molecule has 3 N–H and O–H groups in total. The maximum absolute atomic E-state index is 6.96. The lowest BCUT2D eigenvalue weighted by atomic mass is 10.1. The standard InChI is InChI=1S/C13H12N2/c14-8-7-13(15)12-6-5-10-3-1-2-4-11(10)9-12/h1-9,14H,15H2. The van der Waals surface area contributed by atoms with Gasteiger partial charge in [-0.1, -0.05) is 36.4 Å². The van der Waals surface area contributed by atoms with E-state index in [2.05, 4.69) is 12.1 Å². The number of rotatable bonds is 2. The van der Waals surface area contributed by atoms with Gasteiger partial charge in [0.05, 0.1) is 0 Å². The summed E-state index contributed by atoms with van der Waals surface area (Å²) in [6, 6.07) is 14.2. The molecule has 0 radical (unpaired) electrons. The highest BCUT2D eigenvalue weighted by atomic mass is 14.6. The predicted molar refractivity (Wildman–Crippen MR) is 64.9 cm³/mol. The summed E-state index contributed by atoms with van der Waals surface area (Å²) in [6.07, 6.45) is 2.79. The summed E-state index contributed by atoms with van der Waals surface area (Å²) in [5.74, 6) is 0. The van der Waals surface area contributed by atoms with Gasteiger partial charge in [0, 0.05) is 11.9 Å². The zero-order valence-corrected chi connectivity index (χ0v) is 8.27. The Kier molecular flexibility index (Phi) is 2.50. The van der Waals surface area contributed by atoms with Crippen molar-refractivity contribution < 1.29 is 0 Å². The van der Waals surface area contributed by atoms with Crippen molar-refractivity contribution in [3.05, 3.63) is 54.1 Å². The molecule has 0 heterocycles. The molecule has 0 unspecified atom stereocenters. The van der Waals surface area contributed by atoms with Gasteiger partial charge >= 0.3 is 0 Å². The number of nitrogens with two attached hydrogens (primary N) is 1. The van der Waals surface area contributed by atoms with Crippen LogP contribution in [-0.2, 0) is 0 Å². The quantitative estimate of drug-likeness (QED) is 0.713. The fourth-order valence-electron chi connectivity index (χ4n) is 1.55. The van der Waals surface area contributed by atoms with Gasteiger partial charge in [-0.2, -0.15) is 0 Å². The van der Waals surface area contributed by atoms with E-state index in [-0.39, 0.29) is 0 Å². The van der Waals surface area contributed by atoms with Crippen LogP contribution in [-0.4, -0.2) is 6.21 Å². The van der Waals surface area contributed by atoms with Gasteiger partial charge in [-0.15, -0.1) is 0 Å². The van der Waals surface area contributed by atoms with Gasteiger partial charge in [0.25, 0.3) is 0 Å². The van der Waals surface area contributed by atoms with Gasteiger partial charge < -0.3 is 11.1 Å². The number of hydrogen-bond donors (Lipinski definition) is 2. The van der Waals surface area contributed by atoms with Gasteiger partial charge in [-0.05, 0) is 28.5 Å². The number of fused-ring (bicyclic) bond motifs is 1. The van der Waals surface area contributed by atoms with E-state index in [1.54, 1.807) is 6.08 Å². The minimum Gasteiger partial charge on any atom is -0.398 e. The van der Waals surface area contributed by atoms with E-state index >= 15 is 0 Å². The summed E-state index contributed by atoms with van der Waals surface area (Å²) in [7, 11) is 0. The molecule has 0 bridgehead atoms. The van der Waals surface area contributed by atoms with Crippen LogP contribution in [0, 0.1) is 5.41 Å². The molecule has 0 saturated carbocycles. The van der Waals surface area contributed by atoms with Crippen molar-refractivity contribution in [1.82, 2.24) is 0 Å². The largest absolute Gasteiger partial charge is 0.398 e. The molecular formula is C13H12N2. The Morgan fingerprint density at radius 2 is 1.80 bits per heavy atom. The van der Waals surface area contributed by atoms with E-state index in [0.717, 1.165) is 10.9 Å². The summed E-state index contributed by atoms with van der Waals surface area (Å²) in [4.78, 5) is 0. The predicted octanol–water partition coefficient (Wildman–Crippen LogP) is 2.79. The highest BCUT2D eigenvalue weighted by molar-refractivity contribution is 5.88. The van der Waals surface area contributed by atoms with Gasteiger partial charge in [0.2, 0.25) is 0 Å². The molecule has 0 aliphatic carbocycles. The molecule has 15 heavy (non-hydrogen) atoms. The molecule has 0 fully saturated rings. The van der Waals surface area contributed by atoms with Crippen LogP contribution in [0.15, 0.2) is 48.5 Å². The van der Waals surface area contributed by atoms with Crippen LogP contribution in [0.25, 0.3) is 16.5 Å². The molecule has 0 spiro atoms. The van der Waals surface area contributed by atoms with E-state index < -0.39 is 0 Å². The van der Waals surface area contributed by atoms with Crippen LogP contribution >= 0.6 is 0 Å². The van der Waals surface area contributed by atoms with E-state index in [1.165, 1.54) is 11.6 Å². The lowest BCUT2D eigenvalue weighted by Gasteiger charge is -2.03. The van der Waals surface area contributed by atoms with Crippen LogP contribution in [0.4, 0.5) is 0 Å². The van der Waals surface area contributed by atoms with Gasteiger partial charge in [-0.25, -0.2) is 0 Å². The number of nitrogens with one attached hydrogen (secondary N) is 1. The van der Waals surface area contributed by atoms with Gasteiger partial charge in [0.1, 0.15) is 0 Å². The van der Waals surface area contributed by atoms with Crippen LogP contribution in [0.3, 0.4) is 0 Å². The molecule has 2 nitrogen and oxygen atoms in total. The normalized spacial score (nSPS) is 11.6. The first kappa shape index (κ1) is 9.46. The zero-order valence-electron chi connectivity index (χ0n) is 8.27. The summed E-state index contributed by atoms with van der Waals surface area (Å²) in [6.45, 7) is 0. The van der Waals surface area contributed by atoms with Gasteiger partial charge in [-0.3, -0.25) is 0 Å². The Morgan fingerprint density at radius 3 is 2.53 bits per heavy atom. The Labute approximate surface area is 88.5 Å². The third-order valence-electron chi connectivity index (χ3n) is 2.35. The first-order valence-electron chi connectivity index (χ1n) is 4.76. The zero-order chi connectivity index (χ0) is 10.7. The van der Waals surface area contributed by atoms with Crippen molar-refractivity contribution >= 4 is 22.7 Å². The average Bonchev–Trinajstić information content (AvgIpc) is 2.29. The molecule has 0 saturated heterocycles. The monoisotopic (exact) mass is 196 g/mol. The van der Waals surface area contributed by atoms with E-state index in [1.807, 2.05) is 30.3 Å². The summed E-state index contributed by atoms with van der Waals surface area (Å²) < 4.78 is 0. The third-order valence-corrected chi connectivity index (χ3v) is 2.35. The average molecular weight is 196 g/mol. The molecule has 74 valence electrons. The van der Waals surface area contributed by atoms with Crippen molar-refractivity contribution in [1.29, 1.82) is 5.41 Å². The second kappa shape index (κ2) is 3.96. The molecule has 0 amide bonds. The van der Waals surface area contributed by atoms with Crippen molar-refractivity contribution in [2.24, 2.45) is 5.73 Å². The number of benzene rings is 2. The second-order valence-electron chi connectivity index (χ2n) is 3.35. The highest BCUT2D eigenvalue weighted by Crippen LogP contribution is 2.18. The lowest BCUT2D eigenvalue weighted by molar-refractivity contribution is 1.53. The number of hydrogen-bond acceptors (Lipinski definition) is 2. The smallest absolute Gasteiger partial charge is 0.0403 e. The summed E-state index contributed by atoms with van der Waals surface area (Å²) in [5, 5.41) is 9.33. The van der Waals surface area contributed by atoms with E-state index in [9.17, 15) is 0 Å². The fraction of sp³-hybridized carbons (Fsp3) is 0. The minimum absolute atomic E-state index is 0.621. The molecule has 2 rings (SSSR count). The van der Waals surface area contributed by atoms with Crippen molar-refractivity contribution in [2.75, 3.05) is 0 Å². The van der Waals surface area contributed by atoms with E-state index in [0.29, 0.717) is 5.70 Å². The second-order valence-corrected chi connectivity index (χ2v) is 3.35. The molecule has 2 aromatic rings. The van der Waals surface area contributed by atoms with Crippen LogP contribution in [0.1, 0.15) is 5.56 Å². The first-order valence-corrected chi connectivity index (χ1v) is 4.76. The Hall–Kier alpha value is -2.09. The van der Waals surface area contributed by atoms with Crippen molar-refractivity contribution in [2.45, 2.75) is 0 Å². The maximum Gasteiger partial charge on any atom is 0.0403 e. The molecule has 0 aliphatic rings. The molecule has 0 aliphatic heterocycles. The summed E-state index contributed by atoms with van der Waals surface area (Å²) >= 11 is 0. The maximum atomic E-state index is 6.96. The Bertz CT molecular complexity index is 527. The topological polar surface area (TPSA) is 49.9 Å². The SMILES string of the molecule is N=CC=C(N)c1ccc2ccccc2c1. The molecule has 2 aromatic carbocycles. The molecule has 0 aromatic heterocycles. The molecule has 0 atom stereocenters. The Morgan fingerprint density at radius 1 is 1.07 bits per heavy atom. The van der Waals surface area contributed by atoms with Crippen molar-refractivity contribution in [3.63, 3.8) is 0 Å². The molecular weight excluding hydrogens is 184 g/mol. The molecule has 2 heteroatoms.